The first-order chi connectivity index (χ1) is 34.2. The number of hydrogen-bond donors (Lipinski definition) is 0. The molecule has 0 radical (unpaired) electrons. The fourth-order valence-corrected chi connectivity index (χ4v) is 20.1. The summed E-state index contributed by atoms with van der Waals surface area (Å²) in [4.78, 5) is 4.86. The van der Waals surface area contributed by atoms with Gasteiger partial charge in [-0.05, 0) is 0 Å². The standard InChI is InChI=1S/C66H70Ge4N2/c1-67(2,3)49-25-37-55(38-26-49)71(56-39-27-50(28-40-56)68(4,5)6)53-33-21-47(22-34-53)63-45-65-62-20-16-14-18-60(62)64(46-66(65)61-19-15-13-17-59(61)63)48-23-35-54(36-24-48)72(57-41-29-51(30-42-57)69(7,8)9)58-43-31-52(32-44-58)70(10,11)12/h13-46H,1-12H3. The van der Waals surface area contributed by atoms with E-state index in [9.17, 15) is 0 Å². The van der Waals surface area contributed by atoms with Gasteiger partial charge in [-0.1, -0.05) is 36.4 Å². The van der Waals surface area contributed by atoms with Gasteiger partial charge in [0.2, 0.25) is 0 Å². The second kappa shape index (κ2) is 19.5. The molecule has 0 atom stereocenters. The summed E-state index contributed by atoms with van der Waals surface area (Å²) in [5.41, 5.74) is 12.0. The van der Waals surface area contributed by atoms with E-state index in [1.807, 2.05) is 0 Å². The van der Waals surface area contributed by atoms with Crippen LogP contribution in [0.25, 0.3) is 54.6 Å². The van der Waals surface area contributed by atoms with Crippen LogP contribution in [0.3, 0.4) is 0 Å². The van der Waals surface area contributed by atoms with Gasteiger partial charge in [-0.2, -0.15) is 0 Å². The Labute approximate surface area is 440 Å². The van der Waals surface area contributed by atoms with Crippen molar-refractivity contribution >= 4 is 137 Å². The molecule has 0 spiro atoms. The monoisotopic (exact) mass is 1190 g/mol. The number of nitrogens with zero attached hydrogens (tertiary/aromatic N) is 2. The number of fused-ring (bicyclic) bond motifs is 5. The average Bonchev–Trinajstić information content (AvgIpc) is 3.36. The van der Waals surface area contributed by atoms with Gasteiger partial charge >= 0.3 is 408 Å². The zero-order valence-corrected chi connectivity index (χ0v) is 52.9. The first-order valence-corrected chi connectivity index (χ1v) is 55.2. The molecule has 0 unspecified atom stereocenters. The van der Waals surface area contributed by atoms with Crippen LogP contribution < -0.4 is 27.4 Å². The van der Waals surface area contributed by atoms with Crippen LogP contribution in [0.2, 0.25) is 69.1 Å². The average molecular weight is 1180 g/mol. The van der Waals surface area contributed by atoms with Crippen LogP contribution in [0.4, 0.5) is 34.1 Å². The van der Waals surface area contributed by atoms with Gasteiger partial charge in [-0.25, -0.2) is 0 Å². The van der Waals surface area contributed by atoms with Gasteiger partial charge < -0.3 is 0 Å². The van der Waals surface area contributed by atoms with Crippen LogP contribution >= 0.6 is 0 Å². The van der Waals surface area contributed by atoms with Crippen LogP contribution in [0.1, 0.15) is 0 Å². The summed E-state index contributed by atoms with van der Waals surface area (Å²) in [6, 6.07) is 79.1. The second-order valence-electron chi connectivity index (χ2n) is 24.0. The Bertz CT molecular complexity index is 3200. The molecule has 0 bridgehead atoms. The summed E-state index contributed by atoms with van der Waals surface area (Å²) < 4.78 is 6.08. The predicted molar refractivity (Wildman–Crippen MR) is 331 cm³/mol. The van der Waals surface area contributed by atoms with Crippen LogP contribution in [-0.4, -0.2) is 53.1 Å². The summed E-state index contributed by atoms with van der Waals surface area (Å²) in [5, 5.41) is 7.60. The third-order valence-electron chi connectivity index (χ3n) is 14.7. The van der Waals surface area contributed by atoms with Crippen molar-refractivity contribution in [2.45, 2.75) is 69.1 Å². The van der Waals surface area contributed by atoms with Crippen molar-refractivity contribution in [2.75, 3.05) is 9.80 Å². The maximum absolute atomic E-state index is 2.47. The van der Waals surface area contributed by atoms with E-state index in [1.54, 1.807) is 0 Å². The van der Waals surface area contributed by atoms with Crippen LogP contribution in [-0.2, 0) is 0 Å². The van der Waals surface area contributed by atoms with E-state index in [2.05, 4.69) is 285 Å². The Hall–Kier alpha value is -5.25. The molecule has 0 N–H and O–H groups in total. The molecule has 0 saturated heterocycles. The maximum atomic E-state index is 2.47. The zero-order chi connectivity index (χ0) is 50.7. The topological polar surface area (TPSA) is 6.48 Å². The molecule has 72 heavy (non-hydrogen) atoms. The van der Waals surface area contributed by atoms with Crippen molar-refractivity contribution in [3.63, 3.8) is 0 Å². The molecule has 0 fully saturated rings. The molecular weight excluding hydrogens is 1110 g/mol. The Morgan fingerprint density at radius 1 is 0.222 bits per heavy atom. The van der Waals surface area contributed by atoms with Gasteiger partial charge in [0.05, 0.1) is 0 Å². The number of hydrogen-bond acceptors (Lipinski definition) is 2. The summed E-state index contributed by atoms with van der Waals surface area (Å²) in [6.07, 6.45) is 0. The molecule has 0 heterocycles. The molecule has 0 aliphatic heterocycles. The van der Waals surface area contributed by atoms with Crippen molar-refractivity contribution < 1.29 is 0 Å². The quantitative estimate of drug-likeness (QED) is 0.0889. The molecule has 10 rings (SSSR count). The van der Waals surface area contributed by atoms with Gasteiger partial charge in [-0.3, -0.25) is 0 Å². The van der Waals surface area contributed by atoms with Crippen LogP contribution in [0.15, 0.2) is 206 Å². The van der Waals surface area contributed by atoms with Gasteiger partial charge in [0.15, 0.2) is 0 Å². The van der Waals surface area contributed by atoms with E-state index in [-0.39, 0.29) is 0 Å². The molecule has 10 aromatic rings. The molecule has 0 aliphatic carbocycles. The number of rotatable bonds is 12. The van der Waals surface area contributed by atoms with Crippen molar-refractivity contribution in [1.29, 1.82) is 0 Å². The molecule has 0 aromatic heterocycles. The Morgan fingerprint density at radius 2 is 0.431 bits per heavy atom. The molecular formula is C66H70Ge4N2. The van der Waals surface area contributed by atoms with E-state index >= 15 is 0 Å². The third kappa shape index (κ3) is 10.2. The van der Waals surface area contributed by atoms with Gasteiger partial charge in [-0.15, -0.1) is 0 Å². The van der Waals surface area contributed by atoms with E-state index in [4.69, 9.17) is 0 Å². The first kappa shape index (κ1) is 50.3. The van der Waals surface area contributed by atoms with Crippen LogP contribution in [0, 0.1) is 0 Å². The van der Waals surface area contributed by atoms with Crippen molar-refractivity contribution in [3.05, 3.63) is 206 Å². The molecule has 0 aliphatic rings. The number of anilines is 6. The first-order valence-electron chi connectivity index (χ1n) is 25.8. The second-order valence-corrected chi connectivity index (χ2v) is 66.6. The van der Waals surface area contributed by atoms with E-state index in [1.165, 1.54) is 94.9 Å². The minimum absolute atomic E-state index is 1.16. The van der Waals surface area contributed by atoms with Crippen molar-refractivity contribution in [1.82, 2.24) is 0 Å². The summed E-state index contributed by atoms with van der Waals surface area (Å²) in [6.45, 7) is 0. The number of benzene rings is 10. The van der Waals surface area contributed by atoms with Gasteiger partial charge in [0, 0.05) is 0 Å². The summed E-state index contributed by atoms with van der Waals surface area (Å²) in [5.74, 6) is 29.6. The van der Waals surface area contributed by atoms with E-state index in [0.717, 1.165) is 11.4 Å². The summed E-state index contributed by atoms with van der Waals surface area (Å²) in [7, 11) is 0. The molecule has 0 saturated carbocycles. The molecule has 6 heteroatoms. The Balaban J connectivity index is 1.05. The van der Waals surface area contributed by atoms with Crippen LogP contribution in [0.5, 0.6) is 0 Å². The zero-order valence-electron chi connectivity index (χ0n) is 44.5. The molecule has 0 amide bonds. The fourth-order valence-electron chi connectivity index (χ4n) is 10.3. The predicted octanol–water partition coefficient (Wildman–Crippen LogP) is 17.6. The molecule has 360 valence electrons. The van der Waals surface area contributed by atoms with E-state index in [0.29, 0.717) is 0 Å². The van der Waals surface area contributed by atoms with Gasteiger partial charge in [0.25, 0.3) is 0 Å². The van der Waals surface area contributed by atoms with Gasteiger partial charge in [0.1, 0.15) is 0 Å². The Morgan fingerprint density at radius 3 is 0.653 bits per heavy atom. The Kier molecular flexibility index (Phi) is 13.7. The molecule has 10 aromatic carbocycles. The van der Waals surface area contributed by atoms with E-state index < -0.39 is 53.1 Å². The van der Waals surface area contributed by atoms with Crippen molar-refractivity contribution in [3.8, 4) is 22.3 Å². The van der Waals surface area contributed by atoms with Crippen molar-refractivity contribution in [2.24, 2.45) is 0 Å². The SMILES string of the molecule is [CH3][Ge]([CH3])([CH3])[c]1ccc(N(c2ccc(-c3cc4c5ccccc5c(-c5ccc(N(c6cc[c]([Ge]([CH3])([CH3])[CH3])cc6)c6cc[c]([Ge]([CH3])([CH3])[CH3])cc6)cc5)cc4c4ccccc34)cc2)c2cc[c]([Ge]([CH3])([CH3])[CH3])cc2)cc1. The third-order valence-corrected chi connectivity index (χ3v) is 32.1. The summed E-state index contributed by atoms with van der Waals surface area (Å²) >= 11 is -7.96. The molecule has 2 nitrogen and oxygen atoms in total. The minimum atomic E-state index is -1.99. The normalized spacial score (nSPS) is 12.4. The fraction of sp³-hybridized carbons (Fsp3) is 0.182.